The smallest absolute Gasteiger partial charge is 0.258 e. The highest BCUT2D eigenvalue weighted by molar-refractivity contribution is 6.05. The second kappa shape index (κ2) is 8.54. The Labute approximate surface area is 184 Å². The van der Waals surface area contributed by atoms with Gasteiger partial charge in [0.15, 0.2) is 0 Å². The van der Waals surface area contributed by atoms with Gasteiger partial charge >= 0.3 is 0 Å². The average Bonchev–Trinajstić information content (AvgIpc) is 2.74. The average molecular weight is 433 g/mol. The molecule has 0 fully saturated rings. The van der Waals surface area contributed by atoms with Gasteiger partial charge in [-0.3, -0.25) is 19.4 Å². The molecule has 2 heterocycles. The van der Waals surface area contributed by atoms with E-state index >= 15 is 0 Å². The Kier molecular flexibility index (Phi) is 5.63. The fraction of sp³-hybridized carbons (Fsp3) is 0.217. The summed E-state index contributed by atoms with van der Waals surface area (Å²) in [5.74, 6) is -1.16. The van der Waals surface area contributed by atoms with Crippen LogP contribution in [0, 0.1) is 13.8 Å². The topological polar surface area (TPSA) is 125 Å². The lowest BCUT2D eigenvalue weighted by atomic mass is 9.92. The number of carbonyl (C=O) groups is 2. The molecule has 9 nitrogen and oxygen atoms in total. The molecule has 32 heavy (non-hydrogen) atoms. The lowest BCUT2D eigenvalue weighted by Crippen LogP contribution is -2.36. The van der Waals surface area contributed by atoms with E-state index in [0.717, 1.165) is 16.8 Å². The number of hydrogen-bond acceptors (Lipinski definition) is 6. The molecule has 0 bridgehead atoms. The van der Waals surface area contributed by atoms with Crippen LogP contribution in [0.5, 0.6) is 5.75 Å². The lowest BCUT2D eigenvalue weighted by Gasteiger charge is -2.24. The van der Waals surface area contributed by atoms with Crippen molar-refractivity contribution in [3.8, 4) is 5.75 Å². The number of nitrogens with zero attached hydrogens (tertiary/aromatic N) is 1. The number of aromatic nitrogens is 2. The van der Waals surface area contributed by atoms with Crippen molar-refractivity contribution >= 4 is 35.0 Å². The van der Waals surface area contributed by atoms with E-state index in [-0.39, 0.29) is 23.8 Å². The summed E-state index contributed by atoms with van der Waals surface area (Å²) >= 11 is 0. The van der Waals surface area contributed by atoms with Gasteiger partial charge in [0, 0.05) is 12.1 Å². The number of ether oxygens (including phenoxy) is 1. The first-order valence-electron chi connectivity index (χ1n) is 10.1. The fourth-order valence-electron chi connectivity index (χ4n) is 3.57. The number of methoxy groups -OCH3 is 1. The second-order valence-electron chi connectivity index (χ2n) is 7.67. The molecule has 0 saturated heterocycles. The van der Waals surface area contributed by atoms with Crippen LogP contribution in [0.3, 0.4) is 0 Å². The van der Waals surface area contributed by atoms with Gasteiger partial charge < -0.3 is 20.7 Å². The Bertz CT molecular complexity index is 1250. The lowest BCUT2D eigenvalue weighted by molar-refractivity contribution is -0.123. The zero-order valence-corrected chi connectivity index (χ0v) is 17.9. The highest BCUT2D eigenvalue weighted by Crippen LogP contribution is 2.32. The normalized spacial score (nSPS) is 14.8. The predicted octanol–water partition coefficient (Wildman–Crippen LogP) is 3.20. The molecule has 2 aromatic carbocycles. The van der Waals surface area contributed by atoms with Gasteiger partial charge in [0.2, 0.25) is 17.8 Å². The van der Waals surface area contributed by atoms with Gasteiger partial charge in [-0.15, -0.1) is 0 Å². The number of hydrogen-bond donors (Lipinski definition) is 4. The van der Waals surface area contributed by atoms with Crippen molar-refractivity contribution in [2.45, 2.75) is 26.2 Å². The molecule has 1 unspecified atom stereocenters. The van der Waals surface area contributed by atoms with E-state index in [9.17, 15) is 14.4 Å². The number of aromatic amines is 1. The van der Waals surface area contributed by atoms with Crippen LogP contribution >= 0.6 is 0 Å². The Balaban J connectivity index is 1.65. The summed E-state index contributed by atoms with van der Waals surface area (Å²) in [6.45, 7) is 3.85. The molecule has 1 atom stereocenters. The van der Waals surface area contributed by atoms with Crippen LogP contribution in [0.4, 0.5) is 23.1 Å². The minimum Gasteiger partial charge on any atom is -0.495 e. The van der Waals surface area contributed by atoms with Gasteiger partial charge in [-0.05, 0) is 43.7 Å². The summed E-state index contributed by atoms with van der Waals surface area (Å²) in [4.78, 5) is 45.2. The number of H-pyrrole nitrogens is 1. The predicted molar refractivity (Wildman–Crippen MR) is 122 cm³/mol. The van der Waals surface area contributed by atoms with Gasteiger partial charge in [-0.2, -0.15) is 4.98 Å². The highest BCUT2D eigenvalue weighted by atomic mass is 16.5. The van der Waals surface area contributed by atoms with Gasteiger partial charge in [-0.25, -0.2) is 0 Å². The Hall–Kier alpha value is -4.14. The first-order chi connectivity index (χ1) is 15.3. The standard InChI is InChI=1S/C23H23N5O4/c1-12-4-7-14(8-5-12)24-23-27-20-19(22(31)28-23)15(11-18(29)26-20)21(30)25-16-10-13(2)6-9-17(16)32-3/h4-10,15H,11H2,1-3H3,(H,25,30)(H3,24,26,27,28,29,31). The number of anilines is 4. The van der Waals surface area contributed by atoms with E-state index in [1.807, 2.05) is 44.2 Å². The van der Waals surface area contributed by atoms with E-state index in [2.05, 4.69) is 25.9 Å². The van der Waals surface area contributed by atoms with Crippen molar-refractivity contribution in [1.29, 1.82) is 0 Å². The zero-order chi connectivity index (χ0) is 22.8. The van der Waals surface area contributed by atoms with Crippen LogP contribution in [0.25, 0.3) is 0 Å². The summed E-state index contributed by atoms with van der Waals surface area (Å²) in [6, 6.07) is 12.9. The maximum Gasteiger partial charge on any atom is 0.258 e. The van der Waals surface area contributed by atoms with Crippen LogP contribution in [0.2, 0.25) is 0 Å². The van der Waals surface area contributed by atoms with Gasteiger partial charge in [0.05, 0.1) is 24.3 Å². The van der Waals surface area contributed by atoms with Crippen molar-refractivity contribution in [3.63, 3.8) is 0 Å². The van der Waals surface area contributed by atoms with Crippen molar-refractivity contribution in [2.75, 3.05) is 23.1 Å². The van der Waals surface area contributed by atoms with E-state index in [4.69, 9.17) is 4.74 Å². The molecule has 0 spiro atoms. The number of carbonyl (C=O) groups excluding carboxylic acids is 2. The maximum atomic E-state index is 13.1. The molecule has 164 valence electrons. The number of amides is 2. The molecule has 2 amide bonds. The minimum absolute atomic E-state index is 0.0657. The van der Waals surface area contributed by atoms with E-state index in [1.54, 1.807) is 12.1 Å². The first-order valence-corrected chi connectivity index (χ1v) is 10.1. The van der Waals surface area contributed by atoms with E-state index in [0.29, 0.717) is 11.4 Å². The van der Waals surface area contributed by atoms with Crippen LogP contribution in [-0.4, -0.2) is 28.9 Å². The largest absolute Gasteiger partial charge is 0.495 e. The highest BCUT2D eigenvalue weighted by Gasteiger charge is 2.35. The molecule has 0 saturated carbocycles. The van der Waals surface area contributed by atoms with Crippen molar-refractivity contribution in [2.24, 2.45) is 0 Å². The van der Waals surface area contributed by atoms with Gasteiger partial charge in [0.1, 0.15) is 11.6 Å². The summed E-state index contributed by atoms with van der Waals surface area (Å²) in [5.41, 5.74) is 2.82. The first kappa shape index (κ1) is 21.1. The fourth-order valence-corrected chi connectivity index (χ4v) is 3.57. The van der Waals surface area contributed by atoms with Crippen LogP contribution < -0.4 is 26.2 Å². The summed E-state index contributed by atoms with van der Waals surface area (Å²) in [7, 11) is 1.50. The van der Waals surface area contributed by atoms with Crippen LogP contribution in [-0.2, 0) is 9.59 Å². The third-order valence-electron chi connectivity index (χ3n) is 5.19. The third-order valence-corrected chi connectivity index (χ3v) is 5.19. The van der Waals surface area contributed by atoms with Crippen LogP contribution in [0.15, 0.2) is 47.3 Å². The zero-order valence-electron chi connectivity index (χ0n) is 17.9. The SMILES string of the molecule is COc1ccc(C)cc1NC(=O)C1CC(=O)Nc2nc(Nc3ccc(C)cc3)[nH]c(=O)c21. The Morgan fingerprint density at radius 3 is 2.53 bits per heavy atom. The quantitative estimate of drug-likeness (QED) is 0.490. The van der Waals surface area contributed by atoms with Gasteiger partial charge in [0.25, 0.3) is 5.56 Å². The van der Waals surface area contributed by atoms with Crippen molar-refractivity contribution in [3.05, 3.63) is 69.5 Å². The molecule has 0 radical (unpaired) electrons. The molecule has 1 aromatic heterocycles. The Morgan fingerprint density at radius 2 is 1.81 bits per heavy atom. The molecule has 9 heteroatoms. The summed E-state index contributed by atoms with van der Waals surface area (Å²) in [6.07, 6.45) is -0.164. The molecule has 3 aromatic rings. The van der Waals surface area contributed by atoms with E-state index in [1.165, 1.54) is 7.11 Å². The van der Waals surface area contributed by atoms with E-state index < -0.39 is 23.3 Å². The number of benzene rings is 2. The molecule has 4 N–H and O–H groups in total. The van der Waals surface area contributed by atoms with Crippen molar-refractivity contribution in [1.82, 2.24) is 9.97 Å². The molecule has 1 aliphatic rings. The molecular formula is C23H23N5O4. The minimum atomic E-state index is -0.992. The Morgan fingerprint density at radius 1 is 1.09 bits per heavy atom. The maximum absolute atomic E-state index is 13.1. The van der Waals surface area contributed by atoms with Crippen LogP contribution in [0.1, 0.15) is 29.0 Å². The second-order valence-corrected chi connectivity index (χ2v) is 7.67. The molecule has 1 aliphatic heterocycles. The molecule has 0 aliphatic carbocycles. The van der Waals surface area contributed by atoms with Crippen molar-refractivity contribution < 1.29 is 14.3 Å². The number of nitrogens with one attached hydrogen (secondary N) is 4. The monoisotopic (exact) mass is 433 g/mol. The molecule has 4 rings (SSSR count). The molecular weight excluding hydrogens is 410 g/mol. The third kappa shape index (κ3) is 4.31. The summed E-state index contributed by atoms with van der Waals surface area (Å²) in [5, 5.41) is 8.39. The van der Waals surface area contributed by atoms with Gasteiger partial charge in [-0.1, -0.05) is 23.8 Å². The number of fused-ring (bicyclic) bond motifs is 1. The summed E-state index contributed by atoms with van der Waals surface area (Å²) < 4.78 is 5.30. The number of aryl methyl sites for hydroxylation is 2. The number of rotatable bonds is 5.